The van der Waals surface area contributed by atoms with E-state index in [-0.39, 0.29) is 0 Å². The molecule has 0 fully saturated rings. The predicted octanol–water partition coefficient (Wildman–Crippen LogP) is 3.44. The van der Waals surface area contributed by atoms with Gasteiger partial charge in [-0.05, 0) is 39.8 Å². The maximum atomic E-state index is 5.87. The van der Waals surface area contributed by atoms with Gasteiger partial charge in [0, 0.05) is 23.1 Å². The van der Waals surface area contributed by atoms with Crippen LogP contribution >= 0.6 is 39.3 Å². The van der Waals surface area contributed by atoms with E-state index in [1.165, 1.54) is 11.8 Å². The molecular weight excluding hydrogens is 298 g/mol. The van der Waals surface area contributed by atoms with Gasteiger partial charge in [-0.15, -0.1) is 0 Å². The third-order valence-corrected chi connectivity index (χ3v) is 3.32. The van der Waals surface area contributed by atoms with E-state index < -0.39 is 0 Å². The van der Waals surface area contributed by atoms with Gasteiger partial charge in [-0.25, -0.2) is 15.0 Å². The van der Waals surface area contributed by atoms with Crippen molar-refractivity contribution < 1.29 is 0 Å². The largest absolute Gasteiger partial charge is 0.248 e. The number of pyridine rings is 1. The van der Waals surface area contributed by atoms with Gasteiger partial charge in [0.2, 0.25) is 0 Å². The molecule has 0 radical (unpaired) electrons. The van der Waals surface area contributed by atoms with E-state index in [2.05, 4.69) is 30.9 Å². The normalized spacial score (nSPS) is 10.3. The summed E-state index contributed by atoms with van der Waals surface area (Å²) in [6, 6.07) is 3.80. The van der Waals surface area contributed by atoms with Gasteiger partial charge in [0.1, 0.15) is 10.1 Å². The highest BCUT2D eigenvalue weighted by Crippen LogP contribution is 2.28. The van der Waals surface area contributed by atoms with Crippen LogP contribution in [0.5, 0.6) is 0 Å². The summed E-state index contributed by atoms with van der Waals surface area (Å²) >= 11 is 10.6. The molecule has 0 saturated carbocycles. The fraction of sp³-hybridized carbons (Fsp3) is 0. The minimum atomic E-state index is 0.396. The molecule has 0 aromatic carbocycles. The van der Waals surface area contributed by atoms with Crippen LogP contribution in [0.4, 0.5) is 0 Å². The van der Waals surface area contributed by atoms with Crippen molar-refractivity contribution in [2.24, 2.45) is 0 Å². The molecule has 15 heavy (non-hydrogen) atoms. The maximum Gasteiger partial charge on any atom is 0.161 e. The van der Waals surface area contributed by atoms with E-state index in [0.29, 0.717) is 10.2 Å². The summed E-state index contributed by atoms with van der Waals surface area (Å²) in [4.78, 5) is 12.3. The summed E-state index contributed by atoms with van der Waals surface area (Å²) in [5, 5.41) is 1.89. The van der Waals surface area contributed by atoms with Gasteiger partial charge in [-0.1, -0.05) is 11.6 Å². The molecule has 2 aromatic heterocycles. The lowest BCUT2D eigenvalue weighted by Crippen LogP contribution is -1.85. The Morgan fingerprint density at radius 1 is 1.13 bits per heavy atom. The molecule has 0 bridgehead atoms. The van der Waals surface area contributed by atoms with Gasteiger partial charge in [0.05, 0.1) is 0 Å². The highest BCUT2D eigenvalue weighted by Gasteiger charge is 2.05. The molecule has 2 heterocycles. The monoisotopic (exact) mass is 301 g/mol. The number of aromatic nitrogens is 3. The molecule has 0 aliphatic rings. The predicted molar refractivity (Wildman–Crippen MR) is 63.1 cm³/mol. The standard InChI is InChI=1S/C9H5BrClN3S/c10-6-1-2-7(14-5-6)15-9-8(11)12-3-4-13-9/h1-5H. The molecular formula is C9H5BrClN3S. The Morgan fingerprint density at radius 3 is 2.60 bits per heavy atom. The van der Waals surface area contributed by atoms with E-state index in [9.17, 15) is 0 Å². The summed E-state index contributed by atoms with van der Waals surface area (Å²) < 4.78 is 0.942. The van der Waals surface area contributed by atoms with Crippen molar-refractivity contribution in [2.75, 3.05) is 0 Å². The van der Waals surface area contributed by atoms with E-state index in [0.717, 1.165) is 9.50 Å². The van der Waals surface area contributed by atoms with Crippen LogP contribution in [0.25, 0.3) is 0 Å². The fourth-order valence-corrected chi connectivity index (χ4v) is 2.04. The zero-order valence-electron chi connectivity index (χ0n) is 7.39. The molecule has 0 spiro atoms. The van der Waals surface area contributed by atoms with Crippen molar-refractivity contribution in [3.8, 4) is 0 Å². The SMILES string of the molecule is Clc1nccnc1Sc1ccc(Br)cn1. The Hall–Kier alpha value is -0.650. The molecule has 0 N–H and O–H groups in total. The number of hydrogen-bond acceptors (Lipinski definition) is 4. The van der Waals surface area contributed by atoms with Crippen LogP contribution in [0, 0.1) is 0 Å². The quantitative estimate of drug-likeness (QED) is 0.852. The molecule has 0 atom stereocenters. The molecule has 0 unspecified atom stereocenters. The lowest BCUT2D eigenvalue weighted by Gasteiger charge is -2.00. The van der Waals surface area contributed by atoms with Crippen molar-refractivity contribution in [2.45, 2.75) is 10.1 Å². The van der Waals surface area contributed by atoms with Crippen molar-refractivity contribution >= 4 is 39.3 Å². The van der Waals surface area contributed by atoms with E-state index >= 15 is 0 Å². The molecule has 2 aromatic rings. The van der Waals surface area contributed by atoms with Crippen LogP contribution in [0.15, 0.2) is 45.2 Å². The minimum Gasteiger partial charge on any atom is -0.248 e. The Balaban J connectivity index is 2.22. The molecule has 0 aliphatic carbocycles. The van der Waals surface area contributed by atoms with Crippen LogP contribution in [-0.2, 0) is 0 Å². The van der Waals surface area contributed by atoms with E-state index in [4.69, 9.17) is 11.6 Å². The minimum absolute atomic E-state index is 0.396. The smallest absolute Gasteiger partial charge is 0.161 e. The second-order valence-corrected chi connectivity index (χ2v) is 4.85. The van der Waals surface area contributed by atoms with Crippen molar-refractivity contribution in [3.05, 3.63) is 40.3 Å². The fourth-order valence-electron chi connectivity index (χ4n) is 0.898. The first kappa shape index (κ1) is 10.9. The number of rotatable bonds is 2. The first-order valence-electron chi connectivity index (χ1n) is 4.01. The summed E-state index contributed by atoms with van der Waals surface area (Å²) in [6.45, 7) is 0. The van der Waals surface area contributed by atoms with Gasteiger partial charge in [0.25, 0.3) is 0 Å². The number of nitrogens with zero attached hydrogens (tertiary/aromatic N) is 3. The molecule has 0 amide bonds. The molecule has 2 rings (SSSR count). The Kier molecular flexibility index (Phi) is 3.56. The van der Waals surface area contributed by atoms with Crippen molar-refractivity contribution in [1.29, 1.82) is 0 Å². The molecule has 0 aliphatic heterocycles. The average molecular weight is 303 g/mol. The second kappa shape index (κ2) is 4.92. The maximum absolute atomic E-state index is 5.87. The van der Waals surface area contributed by atoms with E-state index in [1.807, 2.05) is 12.1 Å². The Labute approximate surface area is 104 Å². The Bertz CT molecular complexity index is 463. The van der Waals surface area contributed by atoms with Crippen LogP contribution in [0.3, 0.4) is 0 Å². The summed E-state index contributed by atoms with van der Waals surface area (Å²) in [5.74, 6) is 0. The zero-order chi connectivity index (χ0) is 10.7. The van der Waals surface area contributed by atoms with Crippen LogP contribution in [0.2, 0.25) is 5.15 Å². The summed E-state index contributed by atoms with van der Waals surface area (Å²) in [5.41, 5.74) is 0. The third kappa shape index (κ3) is 2.90. The zero-order valence-corrected chi connectivity index (χ0v) is 10.6. The molecule has 3 nitrogen and oxygen atoms in total. The first-order chi connectivity index (χ1) is 7.25. The first-order valence-corrected chi connectivity index (χ1v) is 6.00. The summed E-state index contributed by atoms with van der Waals surface area (Å²) in [6.07, 6.45) is 4.89. The van der Waals surface area contributed by atoms with Gasteiger partial charge >= 0.3 is 0 Å². The van der Waals surface area contributed by atoms with Gasteiger partial charge in [-0.3, -0.25) is 0 Å². The Morgan fingerprint density at radius 2 is 1.93 bits per heavy atom. The number of hydrogen-bond donors (Lipinski definition) is 0. The molecule has 0 saturated heterocycles. The summed E-state index contributed by atoms with van der Waals surface area (Å²) in [7, 11) is 0. The van der Waals surface area contributed by atoms with Gasteiger partial charge in [0.15, 0.2) is 5.15 Å². The lowest BCUT2D eigenvalue weighted by molar-refractivity contribution is 1.04. The lowest BCUT2D eigenvalue weighted by atomic mass is 10.5. The van der Waals surface area contributed by atoms with Crippen LogP contribution < -0.4 is 0 Å². The highest BCUT2D eigenvalue weighted by molar-refractivity contribution is 9.10. The van der Waals surface area contributed by atoms with Gasteiger partial charge in [-0.2, -0.15) is 0 Å². The average Bonchev–Trinajstić information content (AvgIpc) is 2.25. The third-order valence-electron chi connectivity index (χ3n) is 1.52. The van der Waals surface area contributed by atoms with E-state index in [1.54, 1.807) is 18.6 Å². The van der Waals surface area contributed by atoms with Crippen molar-refractivity contribution in [3.63, 3.8) is 0 Å². The van der Waals surface area contributed by atoms with Crippen LogP contribution in [0.1, 0.15) is 0 Å². The molecule has 6 heteroatoms. The molecule has 76 valence electrons. The highest BCUT2D eigenvalue weighted by atomic mass is 79.9. The van der Waals surface area contributed by atoms with Crippen LogP contribution in [-0.4, -0.2) is 15.0 Å². The number of halogens is 2. The second-order valence-electron chi connectivity index (χ2n) is 2.57. The van der Waals surface area contributed by atoms with Crippen molar-refractivity contribution in [1.82, 2.24) is 15.0 Å². The van der Waals surface area contributed by atoms with Gasteiger partial charge < -0.3 is 0 Å². The topological polar surface area (TPSA) is 38.7 Å².